The van der Waals surface area contributed by atoms with Crippen molar-refractivity contribution in [3.8, 4) is 0 Å². The first-order valence-electron chi connectivity index (χ1n) is 6.92. The lowest BCUT2D eigenvalue weighted by molar-refractivity contribution is 0.0939. The summed E-state index contributed by atoms with van der Waals surface area (Å²) in [5.74, 6) is -0.110. The highest BCUT2D eigenvalue weighted by Crippen LogP contribution is 2.16. The molecule has 2 rings (SSSR count). The van der Waals surface area contributed by atoms with Crippen molar-refractivity contribution in [3.05, 3.63) is 35.4 Å². The van der Waals surface area contributed by atoms with Gasteiger partial charge < -0.3 is 5.32 Å². The molecule has 0 bridgehead atoms. The minimum atomic E-state index is -0.110. The number of carbonyl (C=O) groups is 1. The fraction of sp³-hybridized carbons (Fsp3) is 0.500. The van der Waals surface area contributed by atoms with Crippen LogP contribution < -0.4 is 5.32 Å². The Hall–Kier alpha value is -2.11. The zero-order valence-electron chi connectivity index (χ0n) is 12.4. The first-order chi connectivity index (χ1) is 9.55. The molecule has 108 valence electrons. The topological polar surface area (TPSA) is 64.7 Å². The highest BCUT2D eigenvalue weighted by molar-refractivity contribution is 5.93. The van der Waals surface area contributed by atoms with Crippen LogP contribution in [0.25, 0.3) is 0 Å². The molecule has 2 aromatic heterocycles. The third-order valence-electron chi connectivity index (χ3n) is 3.34. The molecule has 2 heterocycles. The van der Waals surface area contributed by atoms with E-state index in [0.717, 1.165) is 24.3 Å². The van der Waals surface area contributed by atoms with Gasteiger partial charge in [-0.2, -0.15) is 10.2 Å². The predicted octanol–water partition coefficient (Wildman–Crippen LogP) is 1.92. The van der Waals surface area contributed by atoms with Gasteiger partial charge in [0.05, 0.1) is 23.5 Å². The second-order valence-corrected chi connectivity index (χ2v) is 4.81. The van der Waals surface area contributed by atoms with Crippen molar-refractivity contribution >= 4 is 5.91 Å². The lowest BCUT2D eigenvalue weighted by Crippen LogP contribution is -2.26. The largest absolute Gasteiger partial charge is 0.345 e. The molecule has 1 atom stereocenters. The average Bonchev–Trinajstić information content (AvgIpc) is 3.04. The maximum Gasteiger partial charge on any atom is 0.254 e. The summed E-state index contributed by atoms with van der Waals surface area (Å²) in [6.07, 6.45) is 5.33. The summed E-state index contributed by atoms with van der Waals surface area (Å²) < 4.78 is 3.61. The van der Waals surface area contributed by atoms with Gasteiger partial charge in [0.25, 0.3) is 5.91 Å². The van der Waals surface area contributed by atoms with Crippen molar-refractivity contribution < 1.29 is 4.79 Å². The van der Waals surface area contributed by atoms with E-state index in [2.05, 4.69) is 15.5 Å². The van der Waals surface area contributed by atoms with Crippen LogP contribution in [0, 0.1) is 6.92 Å². The number of aryl methyl sites for hydroxylation is 3. The Morgan fingerprint density at radius 2 is 2.00 bits per heavy atom. The number of nitrogens with zero attached hydrogens (tertiary/aromatic N) is 4. The van der Waals surface area contributed by atoms with Gasteiger partial charge in [0.1, 0.15) is 0 Å². The van der Waals surface area contributed by atoms with Crippen LogP contribution in [0.4, 0.5) is 0 Å². The van der Waals surface area contributed by atoms with Gasteiger partial charge in [-0.3, -0.25) is 14.2 Å². The zero-order chi connectivity index (χ0) is 14.7. The van der Waals surface area contributed by atoms with Gasteiger partial charge in [-0.1, -0.05) is 0 Å². The molecule has 0 spiro atoms. The molecule has 1 unspecified atom stereocenters. The third-order valence-corrected chi connectivity index (χ3v) is 3.34. The Balaban J connectivity index is 2.08. The Labute approximate surface area is 118 Å². The van der Waals surface area contributed by atoms with E-state index in [1.54, 1.807) is 17.1 Å². The molecule has 6 heteroatoms. The van der Waals surface area contributed by atoms with Crippen molar-refractivity contribution in [1.82, 2.24) is 24.9 Å². The van der Waals surface area contributed by atoms with Crippen LogP contribution in [-0.2, 0) is 13.1 Å². The van der Waals surface area contributed by atoms with Crippen LogP contribution in [0.5, 0.6) is 0 Å². The van der Waals surface area contributed by atoms with Crippen molar-refractivity contribution in [2.45, 2.75) is 46.8 Å². The monoisotopic (exact) mass is 275 g/mol. The van der Waals surface area contributed by atoms with Crippen LogP contribution in [0.3, 0.4) is 0 Å². The summed E-state index contributed by atoms with van der Waals surface area (Å²) in [6, 6.07) is -0.0761. The maximum absolute atomic E-state index is 12.2. The molecule has 20 heavy (non-hydrogen) atoms. The standard InChI is InChI=1S/C14H21N5O/c1-5-18-8-12(7-15-18)14(20)16-10(3)13-9-19(6-2)17-11(13)4/h7-10H,5-6H2,1-4H3,(H,16,20). The fourth-order valence-electron chi connectivity index (χ4n) is 2.13. The van der Waals surface area contributed by atoms with E-state index in [1.165, 1.54) is 0 Å². The van der Waals surface area contributed by atoms with E-state index in [0.29, 0.717) is 5.56 Å². The van der Waals surface area contributed by atoms with E-state index in [-0.39, 0.29) is 11.9 Å². The lowest BCUT2D eigenvalue weighted by Gasteiger charge is -2.12. The van der Waals surface area contributed by atoms with Crippen molar-refractivity contribution in [2.24, 2.45) is 0 Å². The van der Waals surface area contributed by atoms with Gasteiger partial charge in [0.2, 0.25) is 0 Å². The highest BCUT2D eigenvalue weighted by atomic mass is 16.1. The molecular formula is C14H21N5O. The number of nitrogens with one attached hydrogen (secondary N) is 1. The van der Waals surface area contributed by atoms with E-state index in [9.17, 15) is 4.79 Å². The van der Waals surface area contributed by atoms with Crippen LogP contribution >= 0.6 is 0 Å². The number of amides is 1. The Morgan fingerprint density at radius 3 is 2.55 bits per heavy atom. The fourth-order valence-corrected chi connectivity index (χ4v) is 2.13. The molecule has 0 aromatic carbocycles. The summed E-state index contributed by atoms with van der Waals surface area (Å²) in [5.41, 5.74) is 2.58. The number of hydrogen-bond donors (Lipinski definition) is 1. The van der Waals surface area contributed by atoms with Crippen molar-refractivity contribution in [3.63, 3.8) is 0 Å². The third kappa shape index (κ3) is 2.89. The molecule has 0 aliphatic heterocycles. The predicted molar refractivity (Wildman–Crippen MR) is 76.4 cm³/mol. The molecule has 0 aliphatic carbocycles. The SMILES string of the molecule is CCn1cc(C(=O)NC(C)c2cn(CC)nc2C)cn1. The van der Waals surface area contributed by atoms with Crippen molar-refractivity contribution in [1.29, 1.82) is 0 Å². The molecule has 1 amide bonds. The second kappa shape index (κ2) is 5.90. The summed E-state index contributed by atoms with van der Waals surface area (Å²) in [6.45, 7) is 9.53. The van der Waals surface area contributed by atoms with E-state index in [4.69, 9.17) is 0 Å². The minimum Gasteiger partial charge on any atom is -0.345 e. The number of aromatic nitrogens is 4. The maximum atomic E-state index is 12.2. The first kappa shape index (κ1) is 14.3. The second-order valence-electron chi connectivity index (χ2n) is 4.81. The summed E-state index contributed by atoms with van der Waals surface area (Å²) in [5, 5.41) is 11.5. The van der Waals surface area contributed by atoms with E-state index >= 15 is 0 Å². The number of rotatable bonds is 5. The van der Waals surface area contributed by atoms with Crippen LogP contribution in [0.2, 0.25) is 0 Å². The molecule has 0 aliphatic rings. The van der Waals surface area contributed by atoms with Crippen molar-refractivity contribution in [2.75, 3.05) is 0 Å². The van der Waals surface area contributed by atoms with Gasteiger partial charge in [-0.25, -0.2) is 0 Å². The molecule has 6 nitrogen and oxygen atoms in total. The summed E-state index contributed by atoms with van der Waals surface area (Å²) >= 11 is 0. The van der Waals surface area contributed by atoms with Gasteiger partial charge in [0.15, 0.2) is 0 Å². The number of carbonyl (C=O) groups excluding carboxylic acids is 1. The van der Waals surface area contributed by atoms with Gasteiger partial charge >= 0.3 is 0 Å². The minimum absolute atomic E-state index is 0.0761. The smallest absolute Gasteiger partial charge is 0.254 e. The zero-order valence-corrected chi connectivity index (χ0v) is 12.4. The molecule has 1 N–H and O–H groups in total. The van der Waals surface area contributed by atoms with E-state index in [1.807, 2.05) is 38.6 Å². The van der Waals surface area contributed by atoms with Gasteiger partial charge in [-0.15, -0.1) is 0 Å². The first-order valence-corrected chi connectivity index (χ1v) is 6.92. The summed E-state index contributed by atoms with van der Waals surface area (Å²) in [7, 11) is 0. The molecule has 0 radical (unpaired) electrons. The Kier molecular flexibility index (Phi) is 4.22. The summed E-state index contributed by atoms with van der Waals surface area (Å²) in [4.78, 5) is 12.2. The van der Waals surface area contributed by atoms with Crippen LogP contribution in [0.1, 0.15) is 48.4 Å². The molecule has 0 saturated carbocycles. The van der Waals surface area contributed by atoms with Gasteiger partial charge in [0, 0.05) is 31.0 Å². The van der Waals surface area contributed by atoms with Crippen LogP contribution in [-0.4, -0.2) is 25.5 Å². The highest BCUT2D eigenvalue weighted by Gasteiger charge is 2.16. The average molecular weight is 275 g/mol. The number of hydrogen-bond acceptors (Lipinski definition) is 3. The molecule has 2 aromatic rings. The Morgan fingerprint density at radius 1 is 1.30 bits per heavy atom. The quantitative estimate of drug-likeness (QED) is 0.906. The molecule has 0 saturated heterocycles. The molecule has 0 fully saturated rings. The lowest BCUT2D eigenvalue weighted by atomic mass is 10.1. The van der Waals surface area contributed by atoms with Gasteiger partial charge in [-0.05, 0) is 27.7 Å². The van der Waals surface area contributed by atoms with Crippen LogP contribution in [0.15, 0.2) is 18.6 Å². The Bertz CT molecular complexity index is 598. The normalized spacial score (nSPS) is 12.4. The molecular weight excluding hydrogens is 254 g/mol. The van der Waals surface area contributed by atoms with E-state index < -0.39 is 0 Å².